The van der Waals surface area contributed by atoms with Crippen LogP contribution in [0.3, 0.4) is 0 Å². The number of aliphatic hydroxyl groups excluding tert-OH is 2. The van der Waals surface area contributed by atoms with Gasteiger partial charge in [0.15, 0.2) is 0 Å². The van der Waals surface area contributed by atoms with Crippen LogP contribution in [0.5, 0.6) is 11.5 Å². The van der Waals surface area contributed by atoms with Crippen molar-refractivity contribution in [3.8, 4) is 17.6 Å². The quantitative estimate of drug-likeness (QED) is 0.0475. The number of ether oxygens (including phenoxy) is 3. The molecule has 0 aromatic heterocycles. The number of fused-ring (bicyclic) bond motifs is 3. The highest BCUT2D eigenvalue weighted by Gasteiger charge is 2.65. The molecule has 1 fully saturated rings. The molecule has 8 rings (SSSR count). The molecule has 5 aromatic rings. The second-order valence-electron chi connectivity index (χ2n) is 19.1. The van der Waals surface area contributed by atoms with E-state index in [9.17, 15) is 19.9 Å². The summed E-state index contributed by atoms with van der Waals surface area (Å²) in [7, 11) is 0. The zero-order valence-corrected chi connectivity index (χ0v) is 39.3. The van der Waals surface area contributed by atoms with Crippen LogP contribution in [-0.4, -0.2) is 64.0 Å². The number of aliphatic hydroxyl groups is 2. The number of halogens is 1. The minimum Gasteiger partial charge on any atom is -0.489 e. The molecule has 10 nitrogen and oxygen atoms in total. The molecular weight excluding hydrogens is 858 g/mol. The zero-order chi connectivity index (χ0) is 47.8. The van der Waals surface area contributed by atoms with Crippen LogP contribution < -0.4 is 9.47 Å². The van der Waals surface area contributed by atoms with E-state index < -0.39 is 23.3 Å². The molecule has 2 aliphatic carbocycles. The Morgan fingerprint density at radius 3 is 2.40 bits per heavy atom. The lowest BCUT2D eigenvalue weighted by molar-refractivity contribution is -0.255. The summed E-state index contributed by atoms with van der Waals surface area (Å²) in [6, 6.07) is 34.6. The van der Waals surface area contributed by atoms with Gasteiger partial charge in [-0.25, -0.2) is 4.39 Å². The summed E-state index contributed by atoms with van der Waals surface area (Å²) in [5, 5.41) is 36.9. The van der Waals surface area contributed by atoms with E-state index in [1.165, 1.54) is 6.07 Å². The fourth-order valence-corrected chi connectivity index (χ4v) is 10.5. The van der Waals surface area contributed by atoms with Crippen LogP contribution in [0, 0.1) is 34.9 Å². The average molecular weight is 920 g/mol. The Morgan fingerprint density at radius 1 is 0.941 bits per heavy atom. The maximum Gasteiger partial charge on any atom is 0.254 e. The molecule has 6 atom stereocenters. The van der Waals surface area contributed by atoms with E-state index in [1.807, 2.05) is 68.1 Å². The summed E-state index contributed by atoms with van der Waals surface area (Å²) in [6.07, 6.45) is 8.58. The number of benzene rings is 5. The number of unbranched alkanes of at least 4 members (excludes halogenated alkanes) is 2. The monoisotopic (exact) mass is 919 g/mol. The second-order valence-corrected chi connectivity index (χ2v) is 19.1. The molecule has 0 bridgehead atoms. The fraction of sp³-hybridized carbons (Fsp3) is 0.386. The number of carbonyl (C=O) groups is 1. The minimum atomic E-state index is -1.52. The predicted molar refractivity (Wildman–Crippen MR) is 262 cm³/mol. The number of rotatable bonds is 19. The Bertz CT molecular complexity index is 2680. The third-order valence-corrected chi connectivity index (χ3v) is 13.5. The maximum absolute atomic E-state index is 15.6. The molecule has 5 aromatic carbocycles. The third kappa shape index (κ3) is 10.2. The van der Waals surface area contributed by atoms with Crippen molar-refractivity contribution in [3.05, 3.63) is 167 Å². The third-order valence-electron chi connectivity index (χ3n) is 13.5. The number of hydrogen-bond acceptors (Lipinski definition) is 9. The van der Waals surface area contributed by atoms with Gasteiger partial charge in [-0.2, -0.15) is 5.26 Å². The van der Waals surface area contributed by atoms with Crippen LogP contribution in [0.4, 0.5) is 4.39 Å². The van der Waals surface area contributed by atoms with Crippen molar-refractivity contribution >= 4 is 22.4 Å². The molecule has 0 saturated heterocycles. The number of nitrogens with zero attached hydrogens (tertiary/aromatic N) is 3. The van der Waals surface area contributed by atoms with Gasteiger partial charge in [0.1, 0.15) is 35.6 Å². The first-order chi connectivity index (χ1) is 33.0. The van der Waals surface area contributed by atoms with E-state index in [0.717, 1.165) is 53.2 Å². The van der Waals surface area contributed by atoms with Crippen molar-refractivity contribution in [2.45, 2.75) is 102 Å². The van der Waals surface area contributed by atoms with E-state index in [0.29, 0.717) is 46.7 Å². The van der Waals surface area contributed by atoms with Crippen LogP contribution >= 0.6 is 0 Å². The highest BCUT2D eigenvalue weighted by atomic mass is 19.1. The van der Waals surface area contributed by atoms with E-state index in [2.05, 4.69) is 36.9 Å². The van der Waals surface area contributed by atoms with Crippen molar-refractivity contribution in [3.63, 3.8) is 0 Å². The molecule has 1 aliphatic heterocycles. The number of allylic oxidation sites excluding steroid dienone is 1. The standard InChI is InChI=1S/C57H62FN3O7/c1-5-31-66-57-52(61(55(64)40-25-23-38(35-59)24-26-40)36-42-19-14-18-39-15-6-8-20-45(39)42)34-50(60-68-56(2,3)4)47-32-41(16-10-12-29-62)46(21-11-13-30-63)53(54(47)57)48-33-44(27-28-51(48)67-57)65-37-43-17-7-9-22-49(43)58/h5-9,14-15,17-20,22-28,32-33,41,46,52-54,62-63H,1,10-13,16,21,29-31,34,36-37H2,2-4H3/t41-,46+,52-,53+,54+,57+/m0/s1. The number of oxime groups is 1. The van der Waals surface area contributed by atoms with Crippen molar-refractivity contribution in [2.75, 3.05) is 19.8 Å². The van der Waals surface area contributed by atoms with Gasteiger partial charge in [-0.3, -0.25) is 4.79 Å². The molecule has 1 saturated carbocycles. The van der Waals surface area contributed by atoms with E-state index in [4.69, 9.17) is 24.2 Å². The van der Waals surface area contributed by atoms with Gasteiger partial charge in [-0.15, -0.1) is 6.58 Å². The maximum atomic E-state index is 15.6. The molecular formula is C57H62FN3O7. The first kappa shape index (κ1) is 48.1. The molecule has 0 unspecified atom stereocenters. The number of carbonyl (C=O) groups excluding carboxylic acids is 1. The van der Waals surface area contributed by atoms with Crippen molar-refractivity contribution < 1.29 is 38.4 Å². The van der Waals surface area contributed by atoms with Crippen molar-refractivity contribution in [1.29, 1.82) is 5.26 Å². The van der Waals surface area contributed by atoms with E-state index in [1.54, 1.807) is 48.5 Å². The molecule has 0 radical (unpaired) electrons. The minimum absolute atomic E-state index is 0.0190. The molecule has 1 heterocycles. The Labute approximate surface area is 399 Å². The van der Waals surface area contributed by atoms with Crippen LogP contribution in [0.15, 0.2) is 139 Å². The highest BCUT2D eigenvalue weighted by Crippen LogP contribution is 2.62. The Balaban J connectivity index is 1.38. The normalized spacial score (nSPS) is 22.3. The first-order valence-electron chi connectivity index (χ1n) is 23.9. The van der Waals surface area contributed by atoms with Gasteiger partial charge in [0.05, 0.1) is 29.9 Å². The molecule has 11 heteroatoms. The summed E-state index contributed by atoms with van der Waals surface area (Å²) < 4.78 is 36.0. The van der Waals surface area contributed by atoms with Gasteiger partial charge < -0.3 is 34.2 Å². The summed E-state index contributed by atoms with van der Waals surface area (Å²) in [5.74, 6) is -1.90. The Kier molecular flexibility index (Phi) is 15.1. The summed E-state index contributed by atoms with van der Waals surface area (Å²) >= 11 is 0. The largest absolute Gasteiger partial charge is 0.489 e. The SMILES string of the molecule is C=CCO[C@@]12Oc3ccc(OCc4ccccc4F)cc3[C@H]3[C@H](CCCCO)[C@@H](CCCCO)C=C(C(=NOC(C)(C)C)C[C@@H]1N(Cc1cccc4ccccc14)C(=O)c1ccc(C#N)cc1)[C@H]32. The average Bonchev–Trinajstić information content (AvgIpc) is 3.34. The summed E-state index contributed by atoms with van der Waals surface area (Å²) in [5.41, 5.74) is 4.01. The van der Waals surface area contributed by atoms with E-state index in [-0.39, 0.29) is 68.9 Å². The Hall–Kier alpha value is -6.32. The molecule has 0 spiro atoms. The van der Waals surface area contributed by atoms with Crippen molar-refractivity contribution in [1.82, 2.24) is 4.90 Å². The van der Waals surface area contributed by atoms with Crippen LogP contribution in [0.25, 0.3) is 10.8 Å². The second kappa shape index (κ2) is 21.3. The van der Waals surface area contributed by atoms with E-state index >= 15 is 4.79 Å². The van der Waals surface area contributed by atoms with Gasteiger partial charge in [0.2, 0.25) is 5.79 Å². The first-order valence-corrected chi connectivity index (χ1v) is 23.9. The Morgan fingerprint density at radius 2 is 1.66 bits per heavy atom. The topological polar surface area (TPSA) is 134 Å². The number of nitriles is 1. The van der Waals surface area contributed by atoms with Crippen LogP contribution in [0.2, 0.25) is 0 Å². The molecule has 354 valence electrons. The molecule has 68 heavy (non-hydrogen) atoms. The number of hydrogen-bond donors (Lipinski definition) is 2. The van der Waals surface area contributed by atoms with Gasteiger partial charge in [0.25, 0.3) is 5.91 Å². The lowest BCUT2D eigenvalue weighted by Crippen LogP contribution is -2.70. The molecule has 1 amide bonds. The smallest absolute Gasteiger partial charge is 0.254 e. The predicted octanol–water partition coefficient (Wildman–Crippen LogP) is 11.2. The van der Waals surface area contributed by atoms with Gasteiger partial charge >= 0.3 is 0 Å². The summed E-state index contributed by atoms with van der Waals surface area (Å²) in [4.78, 5) is 23.8. The lowest BCUT2D eigenvalue weighted by Gasteiger charge is -2.60. The van der Waals surface area contributed by atoms with Gasteiger partial charge in [-0.1, -0.05) is 90.8 Å². The summed E-state index contributed by atoms with van der Waals surface area (Å²) in [6.45, 7) is 10.4. The zero-order valence-electron chi connectivity index (χ0n) is 39.3. The van der Waals surface area contributed by atoms with Crippen molar-refractivity contribution in [2.24, 2.45) is 22.9 Å². The fourth-order valence-electron chi connectivity index (χ4n) is 10.5. The van der Waals surface area contributed by atoms with Crippen LogP contribution in [-0.2, 0) is 22.7 Å². The van der Waals surface area contributed by atoms with Gasteiger partial charge in [0, 0.05) is 48.8 Å². The highest BCUT2D eigenvalue weighted by molar-refractivity contribution is 6.03. The van der Waals surface area contributed by atoms with Crippen LogP contribution in [0.1, 0.15) is 104 Å². The number of amides is 1. The lowest BCUT2D eigenvalue weighted by atomic mass is 9.55. The molecule has 3 aliphatic rings. The van der Waals surface area contributed by atoms with Gasteiger partial charge in [-0.05, 0) is 129 Å². The molecule has 2 N–H and O–H groups in total.